The van der Waals surface area contributed by atoms with E-state index in [1.807, 2.05) is 42.5 Å². The fourth-order valence-corrected chi connectivity index (χ4v) is 4.79. The molecule has 1 fully saturated rings. The minimum atomic E-state index is -0.798. The highest BCUT2D eigenvalue weighted by Gasteiger charge is 2.30. The maximum Gasteiger partial charge on any atom is 0.254 e. The molecule has 1 aliphatic rings. The van der Waals surface area contributed by atoms with Crippen LogP contribution >= 0.6 is 0 Å². The van der Waals surface area contributed by atoms with Gasteiger partial charge < -0.3 is 20.4 Å². The Kier molecular flexibility index (Phi) is 9.62. The number of carbonyl (C=O) groups is 4. The summed E-state index contributed by atoms with van der Waals surface area (Å²) in [7, 11) is 0. The van der Waals surface area contributed by atoms with Crippen molar-refractivity contribution in [3.63, 3.8) is 0 Å². The highest BCUT2D eigenvalue weighted by atomic mass is 19.1. The standard InChI is InChI=1S/C31H33FN4O4/c1-2-28(37)33-17-6-5-12-27(34-29(38)23-13-15-24(32)16-14-23)31(40)36-20-18-35(19-21-36)30(39)26-11-7-9-22-8-3-4-10-25(22)26/h2-4,7-11,13-16,27H,1,5-6,12,17-21H2,(H,33,37)(H,34,38)/t27-/m0/s1. The summed E-state index contributed by atoms with van der Waals surface area (Å²) in [4.78, 5) is 54.5. The summed E-state index contributed by atoms with van der Waals surface area (Å²) < 4.78 is 13.3. The van der Waals surface area contributed by atoms with E-state index in [4.69, 9.17) is 0 Å². The van der Waals surface area contributed by atoms with Gasteiger partial charge in [-0.1, -0.05) is 43.0 Å². The van der Waals surface area contributed by atoms with Gasteiger partial charge in [0.25, 0.3) is 11.8 Å². The van der Waals surface area contributed by atoms with Crippen LogP contribution in [0.5, 0.6) is 0 Å². The molecule has 9 heteroatoms. The lowest BCUT2D eigenvalue weighted by molar-refractivity contribution is -0.135. The third kappa shape index (κ3) is 7.11. The van der Waals surface area contributed by atoms with Gasteiger partial charge in [-0.15, -0.1) is 0 Å². The number of amides is 4. The van der Waals surface area contributed by atoms with Crippen LogP contribution in [0.25, 0.3) is 10.8 Å². The average Bonchev–Trinajstić information content (AvgIpc) is 2.99. The van der Waals surface area contributed by atoms with Gasteiger partial charge in [0.15, 0.2) is 0 Å². The topological polar surface area (TPSA) is 98.8 Å². The highest BCUT2D eigenvalue weighted by molar-refractivity contribution is 6.07. The number of fused-ring (bicyclic) bond motifs is 1. The molecule has 8 nitrogen and oxygen atoms in total. The molecule has 2 N–H and O–H groups in total. The summed E-state index contributed by atoms with van der Waals surface area (Å²) >= 11 is 0. The lowest BCUT2D eigenvalue weighted by atomic mass is 10.0. The number of nitrogens with one attached hydrogen (secondary N) is 2. The van der Waals surface area contributed by atoms with E-state index in [0.29, 0.717) is 57.5 Å². The molecule has 0 saturated carbocycles. The zero-order valence-corrected chi connectivity index (χ0v) is 22.3. The normalized spacial score (nSPS) is 13.9. The van der Waals surface area contributed by atoms with Gasteiger partial charge in [-0.3, -0.25) is 19.2 Å². The molecule has 0 aliphatic carbocycles. The van der Waals surface area contributed by atoms with Crippen molar-refractivity contribution in [1.29, 1.82) is 0 Å². The van der Waals surface area contributed by atoms with Gasteiger partial charge in [-0.2, -0.15) is 0 Å². The number of hydrogen-bond donors (Lipinski definition) is 2. The van der Waals surface area contributed by atoms with Crippen molar-refractivity contribution in [2.75, 3.05) is 32.7 Å². The van der Waals surface area contributed by atoms with Gasteiger partial charge >= 0.3 is 0 Å². The Bertz CT molecular complexity index is 1380. The van der Waals surface area contributed by atoms with E-state index in [-0.39, 0.29) is 23.3 Å². The molecule has 3 aromatic carbocycles. The van der Waals surface area contributed by atoms with Gasteiger partial charge in [0.2, 0.25) is 11.8 Å². The summed E-state index contributed by atoms with van der Waals surface area (Å²) in [6.45, 7) is 5.27. The SMILES string of the molecule is C=CC(=O)NCCCC[C@H](NC(=O)c1ccc(F)cc1)C(=O)N1CCN(C(=O)c2cccc3ccccc23)CC1. The van der Waals surface area contributed by atoms with Crippen LogP contribution in [0.15, 0.2) is 79.4 Å². The second kappa shape index (κ2) is 13.5. The molecule has 1 heterocycles. The second-order valence-electron chi connectivity index (χ2n) is 9.67. The van der Waals surface area contributed by atoms with E-state index in [1.165, 1.54) is 30.3 Å². The zero-order valence-electron chi connectivity index (χ0n) is 22.3. The maximum atomic E-state index is 13.5. The van der Waals surface area contributed by atoms with Crippen LogP contribution in [0.1, 0.15) is 40.0 Å². The Balaban J connectivity index is 1.39. The molecule has 208 valence electrons. The fourth-order valence-electron chi connectivity index (χ4n) is 4.79. The van der Waals surface area contributed by atoms with Crippen LogP contribution < -0.4 is 10.6 Å². The zero-order chi connectivity index (χ0) is 28.5. The monoisotopic (exact) mass is 544 g/mol. The van der Waals surface area contributed by atoms with Gasteiger partial charge in [-0.05, 0) is 66.4 Å². The van der Waals surface area contributed by atoms with Crippen molar-refractivity contribution < 1.29 is 23.6 Å². The molecule has 0 aromatic heterocycles. The second-order valence-corrected chi connectivity index (χ2v) is 9.67. The van der Waals surface area contributed by atoms with E-state index in [2.05, 4.69) is 17.2 Å². The van der Waals surface area contributed by atoms with Gasteiger partial charge in [-0.25, -0.2) is 4.39 Å². The molecule has 0 spiro atoms. The molecular formula is C31H33FN4O4. The van der Waals surface area contributed by atoms with Crippen LogP contribution in [0.2, 0.25) is 0 Å². The van der Waals surface area contributed by atoms with Crippen molar-refractivity contribution in [1.82, 2.24) is 20.4 Å². The number of halogens is 1. The van der Waals surface area contributed by atoms with Crippen molar-refractivity contribution in [3.8, 4) is 0 Å². The van der Waals surface area contributed by atoms with Gasteiger partial charge in [0, 0.05) is 43.9 Å². The Morgan fingerprint density at radius 1 is 0.875 bits per heavy atom. The molecule has 0 bridgehead atoms. The molecule has 4 rings (SSSR count). The molecule has 1 saturated heterocycles. The van der Waals surface area contributed by atoms with E-state index in [9.17, 15) is 23.6 Å². The van der Waals surface area contributed by atoms with Crippen LogP contribution in [-0.2, 0) is 9.59 Å². The third-order valence-electron chi connectivity index (χ3n) is 7.01. The largest absolute Gasteiger partial charge is 0.353 e. The first-order chi connectivity index (χ1) is 19.4. The number of nitrogens with zero attached hydrogens (tertiary/aromatic N) is 2. The molecule has 4 amide bonds. The quantitative estimate of drug-likeness (QED) is 0.301. The highest BCUT2D eigenvalue weighted by Crippen LogP contribution is 2.21. The number of piperazine rings is 1. The van der Waals surface area contributed by atoms with Crippen LogP contribution in [-0.4, -0.2) is 72.2 Å². The maximum absolute atomic E-state index is 13.5. The lowest BCUT2D eigenvalue weighted by Gasteiger charge is -2.36. The van der Waals surface area contributed by atoms with Gasteiger partial charge in [0.1, 0.15) is 11.9 Å². The Morgan fingerprint density at radius 2 is 1.55 bits per heavy atom. The molecule has 0 radical (unpaired) electrons. The first-order valence-corrected chi connectivity index (χ1v) is 13.4. The number of carbonyl (C=O) groups excluding carboxylic acids is 4. The van der Waals surface area contributed by atoms with Crippen LogP contribution in [0.4, 0.5) is 4.39 Å². The summed E-state index contributed by atoms with van der Waals surface area (Å²) in [6.07, 6.45) is 2.75. The fraction of sp³-hybridized carbons (Fsp3) is 0.290. The van der Waals surface area contributed by atoms with E-state index in [0.717, 1.165) is 10.8 Å². The lowest BCUT2D eigenvalue weighted by Crippen LogP contribution is -2.55. The Morgan fingerprint density at radius 3 is 2.27 bits per heavy atom. The van der Waals surface area contributed by atoms with E-state index in [1.54, 1.807) is 9.80 Å². The predicted molar refractivity (Wildman–Crippen MR) is 151 cm³/mol. The smallest absolute Gasteiger partial charge is 0.254 e. The Labute approximate surface area is 232 Å². The minimum Gasteiger partial charge on any atom is -0.353 e. The number of hydrogen-bond acceptors (Lipinski definition) is 4. The summed E-state index contributed by atoms with van der Waals surface area (Å²) in [5.41, 5.74) is 0.883. The molecule has 3 aromatic rings. The van der Waals surface area contributed by atoms with Crippen molar-refractivity contribution in [3.05, 3.63) is 96.3 Å². The number of unbranched alkanes of at least 4 members (excludes halogenated alkanes) is 1. The Hall–Kier alpha value is -4.53. The predicted octanol–water partition coefficient (Wildman–Crippen LogP) is 3.53. The number of benzene rings is 3. The summed E-state index contributed by atoms with van der Waals surface area (Å²) in [5, 5.41) is 7.38. The summed E-state index contributed by atoms with van der Waals surface area (Å²) in [6, 6.07) is 17.7. The first kappa shape index (κ1) is 28.5. The molecular weight excluding hydrogens is 511 g/mol. The van der Waals surface area contributed by atoms with Crippen molar-refractivity contribution >= 4 is 34.4 Å². The first-order valence-electron chi connectivity index (χ1n) is 13.4. The average molecular weight is 545 g/mol. The minimum absolute atomic E-state index is 0.0772. The van der Waals surface area contributed by atoms with Crippen LogP contribution in [0, 0.1) is 5.82 Å². The van der Waals surface area contributed by atoms with Gasteiger partial charge in [0.05, 0.1) is 0 Å². The van der Waals surface area contributed by atoms with E-state index < -0.39 is 17.8 Å². The molecule has 40 heavy (non-hydrogen) atoms. The van der Waals surface area contributed by atoms with Crippen LogP contribution in [0.3, 0.4) is 0 Å². The molecule has 0 unspecified atom stereocenters. The van der Waals surface area contributed by atoms with E-state index >= 15 is 0 Å². The molecule has 1 aliphatic heterocycles. The summed E-state index contributed by atoms with van der Waals surface area (Å²) in [5.74, 6) is -1.51. The third-order valence-corrected chi connectivity index (χ3v) is 7.01. The molecule has 1 atom stereocenters. The van der Waals surface area contributed by atoms with Crippen molar-refractivity contribution in [2.24, 2.45) is 0 Å². The van der Waals surface area contributed by atoms with Crippen molar-refractivity contribution in [2.45, 2.75) is 25.3 Å². The number of rotatable bonds is 10.